The summed E-state index contributed by atoms with van der Waals surface area (Å²) in [5.74, 6) is 1.16. The maximum Gasteiger partial charge on any atom is 0.155 e. The van der Waals surface area contributed by atoms with Gasteiger partial charge in [0.25, 0.3) is 0 Å². The Morgan fingerprint density at radius 2 is 1.77 bits per heavy atom. The minimum absolute atomic E-state index is 0.0551. The lowest BCUT2D eigenvalue weighted by atomic mass is 9.46. The maximum absolute atomic E-state index is 12.4. The number of hydrogen-bond donors (Lipinski definition) is 1. The molecule has 3 fully saturated rings. The number of ketones is 2. The Bertz CT molecular complexity index is 591. The first kappa shape index (κ1) is 14.6. The van der Waals surface area contributed by atoms with Crippen molar-refractivity contribution in [1.82, 2.24) is 0 Å². The molecule has 3 saturated carbocycles. The number of fused-ring (bicyclic) bond motifs is 5. The number of allylic oxidation sites excluding steroid dienone is 1. The second-order valence-electron chi connectivity index (χ2n) is 8.52. The average molecular weight is 302 g/mol. The summed E-state index contributed by atoms with van der Waals surface area (Å²) in [6, 6.07) is 0. The quantitative estimate of drug-likeness (QED) is 0.747. The molecule has 22 heavy (non-hydrogen) atoms. The fourth-order valence-electron chi connectivity index (χ4n) is 6.30. The van der Waals surface area contributed by atoms with Crippen molar-refractivity contribution in [2.24, 2.45) is 22.7 Å². The van der Waals surface area contributed by atoms with E-state index >= 15 is 0 Å². The molecular weight excluding hydrogens is 276 g/mol. The van der Waals surface area contributed by atoms with Crippen molar-refractivity contribution >= 4 is 11.6 Å². The summed E-state index contributed by atoms with van der Waals surface area (Å²) >= 11 is 0. The zero-order chi connectivity index (χ0) is 15.8. The van der Waals surface area contributed by atoms with Crippen LogP contribution in [0.2, 0.25) is 0 Å². The van der Waals surface area contributed by atoms with Gasteiger partial charge in [0.2, 0.25) is 0 Å². The summed E-state index contributed by atoms with van der Waals surface area (Å²) in [7, 11) is 0. The highest BCUT2D eigenvalue weighted by Gasteiger charge is 2.66. The number of aliphatic hydroxyl groups is 1. The number of carbonyl (C=O) groups excluding carboxylic acids is 2. The summed E-state index contributed by atoms with van der Waals surface area (Å²) in [6.07, 6.45) is 8.27. The Morgan fingerprint density at radius 3 is 2.55 bits per heavy atom. The molecule has 3 heteroatoms. The maximum atomic E-state index is 12.4. The Hall–Kier alpha value is -0.960. The van der Waals surface area contributed by atoms with Crippen LogP contribution in [0.15, 0.2) is 11.6 Å². The van der Waals surface area contributed by atoms with Gasteiger partial charge in [-0.25, -0.2) is 0 Å². The third-order valence-electron chi connectivity index (χ3n) is 7.86. The average Bonchev–Trinajstić information content (AvgIpc) is 2.72. The second kappa shape index (κ2) is 4.31. The number of carbonyl (C=O) groups is 2. The lowest BCUT2D eigenvalue weighted by molar-refractivity contribution is -0.178. The van der Waals surface area contributed by atoms with Gasteiger partial charge in [-0.15, -0.1) is 0 Å². The molecule has 0 heterocycles. The SMILES string of the molecule is C[C@]12CCC(=O)C=C1CC[C@@H]1[C@@H]2CC[C@]2(C)C(=O)CC[C@]12O. The van der Waals surface area contributed by atoms with Crippen LogP contribution in [0.3, 0.4) is 0 Å². The highest BCUT2D eigenvalue weighted by Crippen LogP contribution is 2.65. The Kier molecular flexibility index (Phi) is 2.87. The largest absolute Gasteiger partial charge is 0.389 e. The minimum Gasteiger partial charge on any atom is -0.389 e. The molecule has 0 saturated heterocycles. The molecule has 0 aromatic heterocycles. The first-order valence-electron chi connectivity index (χ1n) is 8.81. The lowest BCUT2D eigenvalue weighted by Gasteiger charge is -2.60. The van der Waals surface area contributed by atoms with E-state index in [9.17, 15) is 14.7 Å². The van der Waals surface area contributed by atoms with Crippen LogP contribution in [0, 0.1) is 22.7 Å². The molecule has 4 aliphatic carbocycles. The monoisotopic (exact) mass is 302 g/mol. The summed E-state index contributed by atoms with van der Waals surface area (Å²) in [5.41, 5.74) is 0.0141. The van der Waals surface area contributed by atoms with Crippen LogP contribution < -0.4 is 0 Å². The summed E-state index contributed by atoms with van der Waals surface area (Å²) in [4.78, 5) is 24.2. The number of hydrogen-bond acceptors (Lipinski definition) is 3. The third-order valence-corrected chi connectivity index (χ3v) is 7.86. The van der Waals surface area contributed by atoms with Gasteiger partial charge in [0.1, 0.15) is 5.78 Å². The zero-order valence-electron chi connectivity index (χ0n) is 13.7. The molecule has 5 atom stereocenters. The van der Waals surface area contributed by atoms with Gasteiger partial charge in [-0.05, 0) is 68.8 Å². The third kappa shape index (κ3) is 1.56. The van der Waals surface area contributed by atoms with Crippen molar-refractivity contribution < 1.29 is 14.7 Å². The van der Waals surface area contributed by atoms with E-state index in [2.05, 4.69) is 6.92 Å². The van der Waals surface area contributed by atoms with Crippen LogP contribution in [-0.4, -0.2) is 22.3 Å². The first-order chi connectivity index (χ1) is 10.3. The lowest BCUT2D eigenvalue weighted by Crippen LogP contribution is -2.60. The molecule has 0 unspecified atom stereocenters. The molecule has 0 amide bonds. The van der Waals surface area contributed by atoms with E-state index in [1.165, 1.54) is 5.57 Å². The topological polar surface area (TPSA) is 54.4 Å². The molecular formula is C19H26O3. The highest BCUT2D eigenvalue weighted by atomic mass is 16.3. The Labute approximate surface area is 132 Å². The van der Waals surface area contributed by atoms with Crippen molar-refractivity contribution in [2.75, 3.05) is 0 Å². The van der Waals surface area contributed by atoms with Gasteiger partial charge in [-0.1, -0.05) is 12.5 Å². The van der Waals surface area contributed by atoms with E-state index in [1.54, 1.807) is 0 Å². The molecule has 4 rings (SSSR count). The van der Waals surface area contributed by atoms with Crippen LogP contribution in [0.4, 0.5) is 0 Å². The number of rotatable bonds is 0. The van der Waals surface area contributed by atoms with Crippen LogP contribution in [0.25, 0.3) is 0 Å². The molecule has 0 aromatic carbocycles. The molecule has 120 valence electrons. The molecule has 0 spiro atoms. The molecule has 0 radical (unpaired) electrons. The van der Waals surface area contributed by atoms with Crippen LogP contribution in [0.1, 0.15) is 65.2 Å². The molecule has 0 bridgehead atoms. The Balaban J connectivity index is 1.76. The van der Waals surface area contributed by atoms with Crippen molar-refractivity contribution in [3.8, 4) is 0 Å². The highest BCUT2D eigenvalue weighted by molar-refractivity contribution is 5.92. The van der Waals surface area contributed by atoms with Gasteiger partial charge >= 0.3 is 0 Å². The molecule has 4 aliphatic rings. The fraction of sp³-hybridized carbons (Fsp3) is 0.789. The van der Waals surface area contributed by atoms with E-state index in [-0.39, 0.29) is 22.9 Å². The van der Waals surface area contributed by atoms with Crippen LogP contribution >= 0.6 is 0 Å². The van der Waals surface area contributed by atoms with Gasteiger partial charge in [-0.2, -0.15) is 0 Å². The predicted octanol–water partition coefficient (Wildman–Crippen LogP) is 3.20. The summed E-state index contributed by atoms with van der Waals surface area (Å²) in [5, 5.41) is 11.5. The fourth-order valence-corrected chi connectivity index (χ4v) is 6.30. The predicted molar refractivity (Wildman–Crippen MR) is 83.2 cm³/mol. The van der Waals surface area contributed by atoms with Gasteiger partial charge in [-0.3, -0.25) is 9.59 Å². The van der Waals surface area contributed by atoms with E-state index in [1.807, 2.05) is 13.0 Å². The van der Waals surface area contributed by atoms with E-state index in [4.69, 9.17) is 0 Å². The van der Waals surface area contributed by atoms with E-state index in [0.29, 0.717) is 25.2 Å². The van der Waals surface area contributed by atoms with Crippen LogP contribution in [-0.2, 0) is 9.59 Å². The van der Waals surface area contributed by atoms with E-state index in [0.717, 1.165) is 32.1 Å². The van der Waals surface area contributed by atoms with Crippen molar-refractivity contribution in [3.63, 3.8) is 0 Å². The van der Waals surface area contributed by atoms with Crippen molar-refractivity contribution in [3.05, 3.63) is 11.6 Å². The molecule has 0 aliphatic heterocycles. The standard InChI is InChI=1S/C19H26O3/c1-17-8-5-13(20)11-12(17)3-4-15-14(17)6-9-18(2)16(21)7-10-19(15,18)22/h11,14-15,22H,3-10H2,1-2H3/t14-,15+,17-,18+,19-/m0/s1. The number of Topliss-reactive ketones (excluding diaryl/α,β-unsaturated/α-hetero) is 1. The van der Waals surface area contributed by atoms with Gasteiger partial charge < -0.3 is 5.11 Å². The normalized spacial score (nSPS) is 51.0. The van der Waals surface area contributed by atoms with Gasteiger partial charge in [0.15, 0.2) is 5.78 Å². The second-order valence-corrected chi connectivity index (χ2v) is 8.52. The smallest absolute Gasteiger partial charge is 0.155 e. The van der Waals surface area contributed by atoms with Crippen molar-refractivity contribution in [1.29, 1.82) is 0 Å². The van der Waals surface area contributed by atoms with Crippen LogP contribution in [0.5, 0.6) is 0 Å². The van der Waals surface area contributed by atoms with Gasteiger partial charge in [0, 0.05) is 12.8 Å². The molecule has 0 aromatic rings. The zero-order valence-corrected chi connectivity index (χ0v) is 13.7. The first-order valence-corrected chi connectivity index (χ1v) is 8.81. The van der Waals surface area contributed by atoms with Gasteiger partial charge in [0.05, 0.1) is 11.0 Å². The molecule has 1 N–H and O–H groups in total. The summed E-state index contributed by atoms with van der Waals surface area (Å²) in [6.45, 7) is 4.29. The van der Waals surface area contributed by atoms with E-state index < -0.39 is 11.0 Å². The summed E-state index contributed by atoms with van der Waals surface area (Å²) < 4.78 is 0. The molecule has 3 nitrogen and oxygen atoms in total. The Morgan fingerprint density at radius 1 is 1.00 bits per heavy atom. The van der Waals surface area contributed by atoms with Crippen molar-refractivity contribution in [2.45, 2.75) is 70.8 Å². The minimum atomic E-state index is -0.816.